The normalized spacial score (nSPS) is 17.5. The molecule has 0 amide bonds. The van der Waals surface area contributed by atoms with E-state index in [2.05, 4.69) is 12.1 Å². The molecule has 0 heterocycles. The van der Waals surface area contributed by atoms with Gasteiger partial charge in [-0.2, -0.15) is 0 Å². The molecule has 1 N–H and O–H groups in total. The Bertz CT molecular complexity index is 837. The monoisotopic (exact) mass is 355 g/mol. The van der Waals surface area contributed by atoms with Crippen molar-refractivity contribution in [3.8, 4) is 17.2 Å². The van der Waals surface area contributed by atoms with Gasteiger partial charge < -0.3 is 19.4 Å². The number of benzene rings is 2. The van der Waals surface area contributed by atoms with Crippen molar-refractivity contribution in [3.63, 3.8) is 0 Å². The van der Waals surface area contributed by atoms with Crippen molar-refractivity contribution in [3.05, 3.63) is 53.1 Å². The average molecular weight is 355 g/mol. The van der Waals surface area contributed by atoms with Gasteiger partial charge in [0.2, 0.25) is 0 Å². The first kappa shape index (κ1) is 17.8. The van der Waals surface area contributed by atoms with Gasteiger partial charge in [0.25, 0.3) is 0 Å². The smallest absolute Gasteiger partial charge is 0.366 e. The van der Waals surface area contributed by atoms with Crippen LogP contribution in [0.25, 0.3) is 0 Å². The molecular weight excluding hydrogens is 334 g/mol. The summed E-state index contributed by atoms with van der Waals surface area (Å²) in [7, 11) is 3.03. The molecule has 6 nitrogen and oxygen atoms in total. The van der Waals surface area contributed by atoms with Crippen LogP contribution >= 0.6 is 0 Å². The zero-order chi connectivity index (χ0) is 18.7. The van der Waals surface area contributed by atoms with E-state index in [0.29, 0.717) is 35.1 Å². The van der Waals surface area contributed by atoms with E-state index in [9.17, 15) is 9.90 Å². The number of phenols is 1. The number of hydrogen-bond acceptors (Lipinski definition) is 6. The van der Waals surface area contributed by atoms with E-state index in [1.807, 2.05) is 0 Å². The van der Waals surface area contributed by atoms with Crippen molar-refractivity contribution in [2.45, 2.75) is 19.8 Å². The van der Waals surface area contributed by atoms with Gasteiger partial charge in [0.05, 0.1) is 25.5 Å². The van der Waals surface area contributed by atoms with Crippen molar-refractivity contribution in [1.82, 2.24) is 0 Å². The Labute approximate surface area is 152 Å². The Hall–Kier alpha value is -3.02. The van der Waals surface area contributed by atoms with Crippen LogP contribution in [0.4, 0.5) is 0 Å². The van der Waals surface area contributed by atoms with Gasteiger partial charge in [-0.3, -0.25) is 0 Å². The average Bonchev–Trinajstić information content (AvgIpc) is 2.64. The molecular formula is C20H21NO5. The summed E-state index contributed by atoms with van der Waals surface area (Å²) in [6.07, 6.45) is 1.55. The Balaban J connectivity index is 1.85. The van der Waals surface area contributed by atoms with Gasteiger partial charge in [-0.05, 0) is 54.7 Å². The molecule has 3 rings (SSSR count). The van der Waals surface area contributed by atoms with E-state index >= 15 is 0 Å². The van der Waals surface area contributed by atoms with E-state index < -0.39 is 5.97 Å². The maximum Gasteiger partial charge on any atom is 0.366 e. The summed E-state index contributed by atoms with van der Waals surface area (Å²) < 4.78 is 10.3. The second kappa shape index (κ2) is 7.47. The Morgan fingerprint density at radius 2 is 1.77 bits per heavy atom. The van der Waals surface area contributed by atoms with Gasteiger partial charge in [-0.25, -0.2) is 4.79 Å². The van der Waals surface area contributed by atoms with E-state index in [0.717, 1.165) is 17.5 Å². The molecule has 0 aromatic heterocycles. The molecule has 0 bridgehead atoms. The first-order valence-corrected chi connectivity index (χ1v) is 8.33. The minimum atomic E-state index is -0.590. The molecule has 0 fully saturated rings. The molecule has 1 aliphatic carbocycles. The fraction of sp³-hybridized carbons (Fsp3) is 0.300. The summed E-state index contributed by atoms with van der Waals surface area (Å²) in [6.45, 7) is 2.09. The highest BCUT2D eigenvalue weighted by Gasteiger charge is 2.22. The standard InChI is InChI=1S/C20H21NO5/c1-12-6-13-8-15(22)4-5-18(13)19(7-12)21-26-20(23)14-9-16(24-2)11-17(10-14)25-3/h4-5,8-12,22H,6-7H2,1-3H3/b21-19-/t12-/m0/s1. The molecule has 136 valence electrons. The predicted molar refractivity (Wildman–Crippen MR) is 97.1 cm³/mol. The molecule has 0 saturated heterocycles. The molecule has 6 heteroatoms. The third kappa shape index (κ3) is 3.79. The molecule has 2 aromatic carbocycles. The van der Waals surface area contributed by atoms with E-state index in [-0.39, 0.29) is 5.75 Å². The van der Waals surface area contributed by atoms with Crippen LogP contribution in [0, 0.1) is 5.92 Å². The van der Waals surface area contributed by atoms with Crippen LogP contribution in [0.3, 0.4) is 0 Å². The quantitative estimate of drug-likeness (QED) is 0.670. The molecule has 0 spiro atoms. The Kier molecular flexibility index (Phi) is 5.11. The number of phenolic OH excluding ortho intramolecular Hbond substituents is 1. The minimum absolute atomic E-state index is 0.220. The van der Waals surface area contributed by atoms with Gasteiger partial charge in [-0.15, -0.1) is 0 Å². The lowest BCUT2D eigenvalue weighted by molar-refractivity contribution is 0.0514. The first-order chi connectivity index (χ1) is 12.5. The van der Waals surface area contributed by atoms with Gasteiger partial charge in [-0.1, -0.05) is 12.1 Å². The Morgan fingerprint density at radius 3 is 2.42 bits per heavy atom. The topological polar surface area (TPSA) is 77.4 Å². The summed E-state index contributed by atoms with van der Waals surface area (Å²) in [5, 5.41) is 13.8. The number of rotatable bonds is 4. The third-order valence-electron chi connectivity index (χ3n) is 4.34. The lowest BCUT2D eigenvalue weighted by Crippen LogP contribution is -2.19. The predicted octanol–water partition coefficient (Wildman–Crippen LogP) is 3.55. The van der Waals surface area contributed by atoms with Crippen molar-refractivity contribution in [2.75, 3.05) is 14.2 Å². The second-order valence-electron chi connectivity index (χ2n) is 6.37. The second-order valence-corrected chi connectivity index (χ2v) is 6.37. The van der Waals surface area contributed by atoms with Crippen LogP contribution in [0.2, 0.25) is 0 Å². The van der Waals surface area contributed by atoms with Gasteiger partial charge in [0.15, 0.2) is 0 Å². The van der Waals surface area contributed by atoms with Crippen LogP contribution in [-0.4, -0.2) is 31.0 Å². The summed E-state index contributed by atoms with van der Waals surface area (Å²) in [5.74, 6) is 0.969. The number of ether oxygens (including phenoxy) is 2. The largest absolute Gasteiger partial charge is 0.508 e. The number of aromatic hydroxyl groups is 1. The molecule has 0 radical (unpaired) electrons. The fourth-order valence-electron chi connectivity index (χ4n) is 3.08. The number of carbonyl (C=O) groups is 1. The van der Waals surface area contributed by atoms with Crippen LogP contribution in [0.1, 0.15) is 34.8 Å². The lowest BCUT2D eigenvalue weighted by atomic mass is 9.83. The van der Waals surface area contributed by atoms with Crippen LogP contribution in [-0.2, 0) is 11.3 Å². The number of nitrogens with zero attached hydrogens (tertiary/aromatic N) is 1. The van der Waals surface area contributed by atoms with Crippen molar-refractivity contribution >= 4 is 11.7 Å². The summed E-state index contributed by atoms with van der Waals surface area (Å²) in [5.41, 5.74) is 2.89. The van der Waals surface area contributed by atoms with Crippen LogP contribution < -0.4 is 9.47 Å². The number of methoxy groups -OCH3 is 2. The minimum Gasteiger partial charge on any atom is -0.508 e. The highest BCUT2D eigenvalue weighted by Crippen LogP contribution is 2.29. The van der Waals surface area contributed by atoms with E-state index in [4.69, 9.17) is 14.3 Å². The van der Waals surface area contributed by atoms with Crippen LogP contribution in [0.5, 0.6) is 17.2 Å². The molecule has 1 atom stereocenters. The summed E-state index contributed by atoms with van der Waals surface area (Å²) >= 11 is 0. The van der Waals surface area contributed by atoms with Crippen molar-refractivity contribution in [2.24, 2.45) is 11.1 Å². The maximum atomic E-state index is 12.4. The van der Waals surface area contributed by atoms with E-state index in [1.165, 1.54) is 14.2 Å². The number of carbonyl (C=O) groups excluding carboxylic acids is 1. The Morgan fingerprint density at radius 1 is 1.08 bits per heavy atom. The highest BCUT2D eigenvalue weighted by molar-refractivity contribution is 6.03. The molecule has 2 aromatic rings. The molecule has 26 heavy (non-hydrogen) atoms. The fourth-order valence-corrected chi connectivity index (χ4v) is 3.08. The summed E-state index contributed by atoms with van der Waals surface area (Å²) in [6, 6.07) is 9.96. The van der Waals surface area contributed by atoms with Crippen molar-refractivity contribution < 1.29 is 24.2 Å². The SMILES string of the molecule is COc1cc(OC)cc(C(=O)O/N=C2/C[C@@H](C)Cc3cc(O)ccc32)c1. The van der Waals surface area contributed by atoms with Gasteiger partial charge >= 0.3 is 5.97 Å². The molecule has 0 unspecified atom stereocenters. The van der Waals surface area contributed by atoms with Gasteiger partial charge in [0, 0.05) is 11.6 Å². The van der Waals surface area contributed by atoms with E-state index in [1.54, 1.807) is 36.4 Å². The number of hydrogen-bond donors (Lipinski definition) is 1. The highest BCUT2D eigenvalue weighted by atomic mass is 16.7. The number of oxime groups is 1. The molecule has 0 aliphatic heterocycles. The first-order valence-electron chi connectivity index (χ1n) is 8.33. The summed E-state index contributed by atoms with van der Waals surface area (Å²) in [4.78, 5) is 17.6. The zero-order valence-electron chi connectivity index (χ0n) is 15.0. The molecule has 1 aliphatic rings. The van der Waals surface area contributed by atoms with Crippen LogP contribution in [0.15, 0.2) is 41.6 Å². The molecule has 0 saturated carbocycles. The van der Waals surface area contributed by atoms with Gasteiger partial charge in [0.1, 0.15) is 17.2 Å². The third-order valence-corrected chi connectivity index (χ3v) is 4.34. The maximum absolute atomic E-state index is 12.4. The number of fused-ring (bicyclic) bond motifs is 1. The lowest BCUT2D eigenvalue weighted by Gasteiger charge is -2.22. The zero-order valence-corrected chi connectivity index (χ0v) is 15.0. The van der Waals surface area contributed by atoms with Crippen molar-refractivity contribution in [1.29, 1.82) is 0 Å².